The van der Waals surface area contributed by atoms with Crippen LogP contribution < -0.4 is 5.32 Å². The number of carbonyl (C=O) groups excluding carboxylic acids is 1. The van der Waals surface area contributed by atoms with Gasteiger partial charge in [0.2, 0.25) is 0 Å². The Morgan fingerprint density at radius 3 is 2.46 bits per heavy atom. The number of hydrogen-bond donors (Lipinski definition) is 1. The van der Waals surface area contributed by atoms with Gasteiger partial charge in [0.15, 0.2) is 0 Å². The van der Waals surface area contributed by atoms with Crippen molar-refractivity contribution in [3.05, 3.63) is 65.2 Å². The fourth-order valence-corrected chi connectivity index (χ4v) is 2.88. The van der Waals surface area contributed by atoms with Gasteiger partial charge in [-0.1, -0.05) is 51.1 Å². The third-order valence-corrected chi connectivity index (χ3v) is 4.43. The van der Waals surface area contributed by atoms with Crippen LogP contribution in [0.3, 0.4) is 0 Å². The number of ether oxygens (including phenoxy) is 1. The Labute approximate surface area is 159 Å². The van der Waals surface area contributed by atoms with Gasteiger partial charge in [0.05, 0.1) is 0 Å². The molecular weight excluding hydrogens is 322 g/mol. The van der Waals surface area contributed by atoms with E-state index >= 15 is 0 Å². The van der Waals surface area contributed by atoms with Gasteiger partial charge in [0.1, 0.15) is 0 Å². The monoisotopic (exact) mass is 355 g/mol. The Kier molecular flexibility index (Phi) is 8.36. The van der Waals surface area contributed by atoms with Gasteiger partial charge < -0.3 is 10.1 Å². The Bertz CT molecular complexity index is 683. The van der Waals surface area contributed by atoms with Crippen LogP contribution in [0.15, 0.2) is 48.5 Å². The topological polar surface area (TPSA) is 38.3 Å². The molecule has 0 radical (unpaired) electrons. The van der Waals surface area contributed by atoms with Gasteiger partial charge >= 0.3 is 0 Å². The van der Waals surface area contributed by atoms with E-state index in [2.05, 4.69) is 38.2 Å². The molecule has 0 aliphatic heterocycles. The van der Waals surface area contributed by atoms with E-state index in [1.807, 2.05) is 36.4 Å². The van der Waals surface area contributed by atoms with Crippen molar-refractivity contribution < 1.29 is 11.0 Å². The normalized spacial score (nSPS) is 10.9. The smallest absolute Gasteiger partial charge is 0.255 e. The highest BCUT2D eigenvalue weighted by Crippen LogP contribution is 2.19. The van der Waals surface area contributed by atoms with Crippen LogP contribution in [0.4, 0.5) is 5.69 Å². The summed E-state index contributed by atoms with van der Waals surface area (Å²) in [5.74, 6) is 0.446. The Morgan fingerprint density at radius 2 is 1.77 bits per heavy atom. The number of aryl methyl sites for hydroxylation is 1. The zero-order chi connectivity index (χ0) is 18.8. The van der Waals surface area contributed by atoms with Crippen LogP contribution in [0.1, 0.15) is 68.9 Å². The Hall–Kier alpha value is -2.13. The number of carbonyl (C=O) groups is 1. The Balaban J connectivity index is 0.00000364. The van der Waals surface area contributed by atoms with Crippen LogP contribution in [0.5, 0.6) is 0 Å². The van der Waals surface area contributed by atoms with Crippen molar-refractivity contribution in [3.63, 3.8) is 0 Å². The van der Waals surface area contributed by atoms with Crippen molar-refractivity contribution in [1.82, 2.24) is 0 Å². The molecule has 0 fully saturated rings. The second kappa shape index (κ2) is 10.8. The second-order valence-electron chi connectivity index (χ2n) is 6.96. The summed E-state index contributed by atoms with van der Waals surface area (Å²) < 4.78 is 5.52. The van der Waals surface area contributed by atoms with Gasteiger partial charge in [-0.25, -0.2) is 0 Å². The SMILES string of the molecule is CCCOCCCCc1ccccc1C(=O)Nc1ccc(C(C)C)cc1.[HH]. The summed E-state index contributed by atoms with van der Waals surface area (Å²) in [5.41, 5.74) is 3.96. The van der Waals surface area contributed by atoms with Crippen LogP contribution in [-0.4, -0.2) is 19.1 Å². The molecule has 0 aliphatic carbocycles. The van der Waals surface area contributed by atoms with E-state index in [0.29, 0.717) is 5.92 Å². The number of benzene rings is 2. The highest BCUT2D eigenvalue weighted by Gasteiger charge is 2.11. The molecule has 3 nitrogen and oxygen atoms in total. The molecule has 0 saturated carbocycles. The number of unbranched alkanes of at least 4 members (excludes halogenated alkanes) is 1. The number of rotatable bonds is 10. The first-order valence-corrected chi connectivity index (χ1v) is 9.68. The predicted molar refractivity (Wildman–Crippen MR) is 111 cm³/mol. The summed E-state index contributed by atoms with van der Waals surface area (Å²) in [5, 5.41) is 3.02. The molecule has 2 aromatic rings. The fraction of sp³-hybridized carbons (Fsp3) is 0.435. The third-order valence-electron chi connectivity index (χ3n) is 4.43. The molecule has 0 spiro atoms. The molecular formula is C23H33NO2. The summed E-state index contributed by atoms with van der Waals surface area (Å²) in [6.07, 6.45) is 4.00. The molecule has 142 valence electrons. The van der Waals surface area contributed by atoms with E-state index in [1.165, 1.54) is 5.56 Å². The molecule has 0 aliphatic rings. The highest BCUT2D eigenvalue weighted by atomic mass is 16.5. The van der Waals surface area contributed by atoms with E-state index in [1.54, 1.807) is 0 Å². The largest absolute Gasteiger partial charge is 0.381 e. The summed E-state index contributed by atoms with van der Waals surface area (Å²) in [6, 6.07) is 16.0. The van der Waals surface area contributed by atoms with Crippen molar-refractivity contribution in [1.29, 1.82) is 0 Å². The highest BCUT2D eigenvalue weighted by molar-refractivity contribution is 6.05. The standard InChI is InChI=1S/C23H31NO2.H2/c1-4-16-26-17-8-7-10-20-9-5-6-11-22(20)23(25)24-21-14-12-19(13-15-21)18(2)3;/h5-6,9,11-15,18H,4,7-8,10,16-17H2,1-3H3,(H,24,25);1H. The third kappa shape index (κ3) is 6.30. The zero-order valence-electron chi connectivity index (χ0n) is 16.3. The van der Waals surface area contributed by atoms with Crippen LogP contribution in [0.25, 0.3) is 0 Å². The Morgan fingerprint density at radius 1 is 1.04 bits per heavy atom. The van der Waals surface area contributed by atoms with E-state index < -0.39 is 0 Å². The molecule has 0 unspecified atom stereocenters. The predicted octanol–water partition coefficient (Wildman–Crippen LogP) is 6.06. The minimum atomic E-state index is -0.0415. The summed E-state index contributed by atoms with van der Waals surface area (Å²) in [6.45, 7) is 8.07. The van der Waals surface area contributed by atoms with E-state index in [0.717, 1.165) is 55.7 Å². The molecule has 0 bridgehead atoms. The average Bonchev–Trinajstić information content (AvgIpc) is 2.65. The summed E-state index contributed by atoms with van der Waals surface area (Å²) in [4.78, 5) is 12.7. The lowest BCUT2D eigenvalue weighted by Gasteiger charge is -2.11. The van der Waals surface area contributed by atoms with Crippen molar-refractivity contribution in [2.24, 2.45) is 0 Å². The van der Waals surface area contributed by atoms with Crippen LogP contribution in [0, 0.1) is 0 Å². The molecule has 1 N–H and O–H groups in total. The molecule has 1 amide bonds. The maximum atomic E-state index is 12.7. The van der Waals surface area contributed by atoms with Crippen molar-refractivity contribution in [3.8, 4) is 0 Å². The first-order chi connectivity index (χ1) is 12.6. The zero-order valence-corrected chi connectivity index (χ0v) is 16.3. The van der Waals surface area contributed by atoms with Crippen LogP contribution in [-0.2, 0) is 11.2 Å². The van der Waals surface area contributed by atoms with E-state index in [-0.39, 0.29) is 7.33 Å². The maximum Gasteiger partial charge on any atom is 0.255 e. The molecule has 2 aromatic carbocycles. The molecule has 3 heteroatoms. The lowest BCUT2D eigenvalue weighted by molar-refractivity contribution is 0.102. The maximum absolute atomic E-state index is 12.7. The number of nitrogens with one attached hydrogen (secondary N) is 1. The average molecular weight is 356 g/mol. The van der Waals surface area contributed by atoms with E-state index in [9.17, 15) is 4.79 Å². The van der Waals surface area contributed by atoms with Crippen molar-refractivity contribution in [2.75, 3.05) is 18.5 Å². The van der Waals surface area contributed by atoms with Crippen molar-refractivity contribution in [2.45, 2.75) is 52.4 Å². The number of hydrogen-bond acceptors (Lipinski definition) is 2. The van der Waals surface area contributed by atoms with Gasteiger partial charge in [0.25, 0.3) is 5.91 Å². The fourth-order valence-electron chi connectivity index (χ4n) is 2.88. The minimum Gasteiger partial charge on any atom is -0.381 e. The van der Waals surface area contributed by atoms with Gasteiger partial charge in [-0.3, -0.25) is 4.79 Å². The molecule has 0 atom stereocenters. The second-order valence-corrected chi connectivity index (χ2v) is 6.96. The lowest BCUT2D eigenvalue weighted by atomic mass is 10.0. The van der Waals surface area contributed by atoms with Crippen molar-refractivity contribution >= 4 is 11.6 Å². The first kappa shape index (κ1) is 20.2. The molecule has 0 aromatic heterocycles. The van der Waals surface area contributed by atoms with Gasteiger partial charge in [-0.05, 0) is 60.9 Å². The summed E-state index contributed by atoms with van der Waals surface area (Å²) in [7, 11) is 0. The van der Waals surface area contributed by atoms with Gasteiger partial charge in [0, 0.05) is 25.9 Å². The van der Waals surface area contributed by atoms with Gasteiger partial charge in [-0.15, -0.1) is 0 Å². The van der Waals surface area contributed by atoms with E-state index in [4.69, 9.17) is 4.74 Å². The minimum absolute atomic E-state index is 0. The van der Waals surface area contributed by atoms with Crippen LogP contribution in [0.2, 0.25) is 0 Å². The molecule has 2 rings (SSSR count). The molecule has 0 saturated heterocycles. The number of amides is 1. The first-order valence-electron chi connectivity index (χ1n) is 9.68. The lowest BCUT2D eigenvalue weighted by Crippen LogP contribution is -2.14. The quantitative estimate of drug-likeness (QED) is 0.526. The van der Waals surface area contributed by atoms with Crippen LogP contribution >= 0.6 is 0 Å². The molecule has 26 heavy (non-hydrogen) atoms. The molecule has 0 heterocycles. The summed E-state index contributed by atoms with van der Waals surface area (Å²) >= 11 is 0. The number of anilines is 1. The van der Waals surface area contributed by atoms with Gasteiger partial charge in [-0.2, -0.15) is 0 Å².